The second-order valence-corrected chi connectivity index (χ2v) is 6.49. The summed E-state index contributed by atoms with van der Waals surface area (Å²) in [6.45, 7) is 1.19. The fraction of sp³-hybridized carbons (Fsp3) is 0.421. The van der Waals surface area contributed by atoms with Crippen LogP contribution >= 0.6 is 0 Å². The van der Waals surface area contributed by atoms with E-state index in [0.717, 1.165) is 36.7 Å². The number of aromatic nitrogens is 2. The number of halogens is 1. The number of benzene rings is 1. The molecule has 2 N–H and O–H groups in total. The molecule has 0 unspecified atom stereocenters. The number of anilines is 1. The van der Waals surface area contributed by atoms with Crippen LogP contribution < -0.4 is 15.4 Å². The summed E-state index contributed by atoms with van der Waals surface area (Å²) in [6.07, 6.45) is 2.11. The zero-order chi connectivity index (χ0) is 19.2. The Morgan fingerprint density at radius 2 is 2.15 bits per heavy atom. The molecule has 27 heavy (non-hydrogen) atoms. The summed E-state index contributed by atoms with van der Waals surface area (Å²) in [6, 6.07) is 7.56. The molecule has 1 fully saturated rings. The fourth-order valence-electron chi connectivity index (χ4n) is 2.91. The van der Waals surface area contributed by atoms with Gasteiger partial charge in [-0.25, -0.2) is 14.4 Å². The summed E-state index contributed by atoms with van der Waals surface area (Å²) < 4.78 is 18.3. The Hall–Kier alpha value is -2.74. The monoisotopic (exact) mass is 373 g/mol. The predicted molar refractivity (Wildman–Crippen MR) is 99.9 cm³/mol. The van der Waals surface area contributed by atoms with E-state index < -0.39 is 0 Å². The number of nitrogens with zero attached hydrogens (tertiary/aromatic N) is 3. The lowest BCUT2D eigenvalue weighted by Gasteiger charge is -2.19. The minimum atomic E-state index is -0.345. The molecule has 1 aliphatic rings. The van der Waals surface area contributed by atoms with Crippen molar-refractivity contribution in [3.63, 3.8) is 0 Å². The molecule has 1 aliphatic heterocycles. The number of amides is 1. The van der Waals surface area contributed by atoms with Crippen molar-refractivity contribution in [2.45, 2.75) is 25.4 Å². The van der Waals surface area contributed by atoms with Crippen LogP contribution in [0.3, 0.4) is 0 Å². The maximum Gasteiger partial charge on any atom is 0.260 e. The van der Waals surface area contributed by atoms with Crippen molar-refractivity contribution in [2.75, 3.05) is 32.6 Å². The van der Waals surface area contributed by atoms with Gasteiger partial charge in [-0.05, 0) is 43.7 Å². The highest BCUT2D eigenvalue weighted by Crippen LogP contribution is 2.22. The second-order valence-electron chi connectivity index (χ2n) is 6.49. The van der Waals surface area contributed by atoms with Gasteiger partial charge in [0, 0.05) is 20.2 Å². The summed E-state index contributed by atoms with van der Waals surface area (Å²) in [7, 11) is 3.51. The van der Waals surface area contributed by atoms with E-state index in [1.807, 2.05) is 13.1 Å². The molecule has 0 bridgehead atoms. The van der Waals surface area contributed by atoms with E-state index in [4.69, 9.17) is 4.74 Å². The maximum absolute atomic E-state index is 12.9. The Labute approximate surface area is 158 Å². The molecule has 1 atom stereocenters. The first-order valence-electron chi connectivity index (χ1n) is 8.96. The molecule has 1 aromatic carbocycles. The number of hydrogen-bond donors (Lipinski definition) is 2. The molecule has 1 amide bonds. The first kappa shape index (κ1) is 19.0. The molecule has 0 radical (unpaired) electrons. The summed E-state index contributed by atoms with van der Waals surface area (Å²) >= 11 is 0. The van der Waals surface area contributed by atoms with Crippen LogP contribution in [0.1, 0.15) is 30.4 Å². The topological polar surface area (TPSA) is 79.4 Å². The van der Waals surface area contributed by atoms with Gasteiger partial charge in [-0.2, -0.15) is 0 Å². The zero-order valence-electron chi connectivity index (χ0n) is 15.5. The Morgan fingerprint density at radius 3 is 2.81 bits per heavy atom. The number of hydrogen-bond acceptors (Lipinski definition) is 6. The Kier molecular flexibility index (Phi) is 6.18. The fourth-order valence-corrected chi connectivity index (χ4v) is 2.91. The quantitative estimate of drug-likeness (QED) is 0.774. The smallest absolute Gasteiger partial charge is 0.260 e. The number of carbonyl (C=O) groups excluding carboxylic acids is 1. The van der Waals surface area contributed by atoms with Crippen molar-refractivity contribution in [3.8, 4) is 5.75 Å². The molecule has 1 aromatic heterocycles. The van der Waals surface area contributed by atoms with E-state index in [9.17, 15) is 9.18 Å². The van der Waals surface area contributed by atoms with Crippen LogP contribution in [0.15, 0.2) is 30.3 Å². The molecule has 144 valence electrons. The largest absolute Gasteiger partial charge is 0.484 e. The predicted octanol–water partition coefficient (Wildman–Crippen LogP) is 2.12. The van der Waals surface area contributed by atoms with Gasteiger partial charge in [0.15, 0.2) is 6.61 Å². The molecule has 2 heterocycles. The number of ether oxygens (including phenoxy) is 1. The van der Waals surface area contributed by atoms with Crippen LogP contribution in [0.4, 0.5) is 10.2 Å². The van der Waals surface area contributed by atoms with Crippen LogP contribution in [0.25, 0.3) is 0 Å². The van der Waals surface area contributed by atoms with Gasteiger partial charge in [0.2, 0.25) is 0 Å². The maximum atomic E-state index is 12.9. The van der Waals surface area contributed by atoms with Crippen LogP contribution in [0.2, 0.25) is 0 Å². The summed E-state index contributed by atoms with van der Waals surface area (Å²) in [5.74, 6) is 1.39. The summed E-state index contributed by atoms with van der Waals surface area (Å²) in [4.78, 5) is 23.0. The summed E-state index contributed by atoms with van der Waals surface area (Å²) in [5, 5.41) is 6.44. The normalized spacial score (nSPS) is 16.2. The first-order chi connectivity index (χ1) is 13.0. The van der Waals surface area contributed by atoms with Gasteiger partial charge < -0.3 is 20.3 Å². The number of likely N-dealkylation sites (N-methyl/N-ethyl adjacent to an activating group) is 1. The minimum Gasteiger partial charge on any atom is -0.484 e. The Bertz CT molecular complexity index is 778. The molecule has 0 spiro atoms. The molecule has 1 saturated heterocycles. The van der Waals surface area contributed by atoms with Gasteiger partial charge in [0.05, 0.1) is 18.3 Å². The van der Waals surface area contributed by atoms with Crippen LogP contribution in [-0.4, -0.2) is 48.0 Å². The third kappa shape index (κ3) is 5.13. The van der Waals surface area contributed by atoms with Gasteiger partial charge in [-0.1, -0.05) is 0 Å². The van der Waals surface area contributed by atoms with Gasteiger partial charge >= 0.3 is 0 Å². The Morgan fingerprint density at radius 1 is 1.37 bits per heavy atom. The van der Waals surface area contributed by atoms with Crippen molar-refractivity contribution >= 4 is 11.7 Å². The minimum absolute atomic E-state index is 0.122. The van der Waals surface area contributed by atoms with Gasteiger partial charge in [0.1, 0.15) is 23.2 Å². The third-order valence-electron chi connectivity index (χ3n) is 4.43. The first-order valence-corrected chi connectivity index (χ1v) is 8.96. The molecule has 0 saturated carbocycles. The Balaban J connectivity index is 1.61. The van der Waals surface area contributed by atoms with E-state index in [2.05, 4.69) is 20.6 Å². The lowest BCUT2D eigenvalue weighted by molar-refractivity contribution is -0.132. The third-order valence-corrected chi connectivity index (χ3v) is 4.43. The molecule has 3 rings (SSSR count). The number of nitrogens with one attached hydrogen (secondary N) is 2. The van der Waals surface area contributed by atoms with Gasteiger partial charge in [0.25, 0.3) is 5.91 Å². The van der Waals surface area contributed by atoms with E-state index in [0.29, 0.717) is 12.3 Å². The standard InChI is InChI=1S/C19H24FN5O2/c1-21-17-10-14(23-19(24-17)16-4-3-9-22-16)11-25(2)18(26)12-27-15-7-5-13(20)6-8-15/h5-8,10,16,22H,3-4,9,11-12H2,1-2H3,(H,21,23,24)/t16-/m0/s1. The zero-order valence-corrected chi connectivity index (χ0v) is 15.5. The molecular formula is C19H24FN5O2. The average Bonchev–Trinajstić information content (AvgIpc) is 3.22. The van der Waals surface area contributed by atoms with Crippen LogP contribution in [-0.2, 0) is 11.3 Å². The van der Waals surface area contributed by atoms with E-state index in [-0.39, 0.29) is 24.4 Å². The number of carbonyl (C=O) groups is 1. The molecule has 2 aromatic rings. The van der Waals surface area contributed by atoms with Crippen molar-refractivity contribution in [1.82, 2.24) is 20.2 Å². The SMILES string of the molecule is CNc1cc(CN(C)C(=O)COc2ccc(F)cc2)nc([C@@H]2CCCN2)n1. The molecular weight excluding hydrogens is 349 g/mol. The van der Waals surface area contributed by atoms with Crippen molar-refractivity contribution in [1.29, 1.82) is 0 Å². The van der Waals surface area contributed by atoms with Gasteiger partial charge in [-0.3, -0.25) is 4.79 Å². The highest BCUT2D eigenvalue weighted by atomic mass is 19.1. The highest BCUT2D eigenvalue weighted by molar-refractivity contribution is 5.77. The van der Waals surface area contributed by atoms with Crippen molar-refractivity contribution in [3.05, 3.63) is 47.7 Å². The number of rotatable bonds is 7. The summed E-state index contributed by atoms with van der Waals surface area (Å²) in [5.41, 5.74) is 0.760. The van der Waals surface area contributed by atoms with E-state index in [1.54, 1.807) is 11.9 Å². The average molecular weight is 373 g/mol. The van der Waals surface area contributed by atoms with Crippen LogP contribution in [0.5, 0.6) is 5.75 Å². The van der Waals surface area contributed by atoms with Crippen molar-refractivity contribution < 1.29 is 13.9 Å². The van der Waals surface area contributed by atoms with E-state index >= 15 is 0 Å². The van der Waals surface area contributed by atoms with Crippen LogP contribution in [0, 0.1) is 5.82 Å². The molecule has 8 heteroatoms. The van der Waals surface area contributed by atoms with E-state index in [1.165, 1.54) is 24.3 Å². The lowest BCUT2D eigenvalue weighted by Crippen LogP contribution is -2.31. The highest BCUT2D eigenvalue weighted by Gasteiger charge is 2.21. The molecule has 7 nitrogen and oxygen atoms in total. The van der Waals surface area contributed by atoms with Crippen molar-refractivity contribution in [2.24, 2.45) is 0 Å². The second kappa shape index (κ2) is 8.77. The molecule has 0 aliphatic carbocycles. The lowest BCUT2D eigenvalue weighted by atomic mass is 10.2. The van der Waals surface area contributed by atoms with Gasteiger partial charge in [-0.15, -0.1) is 0 Å².